The highest BCUT2D eigenvalue weighted by atomic mass is 16.5. The number of aryl methyl sites for hydroxylation is 1. The molecular weight excluding hydrogens is 218 g/mol. The van der Waals surface area contributed by atoms with Crippen LogP contribution in [-0.2, 0) is 4.74 Å². The largest absolute Gasteiger partial charge is 0.396 e. The summed E-state index contributed by atoms with van der Waals surface area (Å²) < 4.78 is 5.11. The van der Waals surface area contributed by atoms with Gasteiger partial charge in [-0.15, -0.1) is 0 Å². The van der Waals surface area contributed by atoms with Gasteiger partial charge in [0.05, 0.1) is 18.0 Å². The molecule has 0 aromatic carbocycles. The number of rotatable bonds is 7. The van der Waals surface area contributed by atoms with Gasteiger partial charge in [0.25, 0.3) is 0 Å². The zero-order valence-corrected chi connectivity index (χ0v) is 10.7. The van der Waals surface area contributed by atoms with Gasteiger partial charge in [-0.3, -0.25) is 9.97 Å². The smallest absolute Gasteiger partial charge is 0.0782 e. The SMILES string of the molecule is COCC(CCO)NC(C)c1nccnc1C. The summed E-state index contributed by atoms with van der Waals surface area (Å²) in [4.78, 5) is 8.54. The van der Waals surface area contributed by atoms with E-state index in [0.29, 0.717) is 13.0 Å². The van der Waals surface area contributed by atoms with E-state index in [1.807, 2.05) is 13.8 Å². The maximum absolute atomic E-state index is 8.98. The summed E-state index contributed by atoms with van der Waals surface area (Å²) in [5.74, 6) is 0. The fourth-order valence-electron chi connectivity index (χ4n) is 1.85. The van der Waals surface area contributed by atoms with Gasteiger partial charge < -0.3 is 15.2 Å². The number of hydrogen-bond donors (Lipinski definition) is 2. The lowest BCUT2D eigenvalue weighted by Crippen LogP contribution is -2.36. The molecule has 5 nitrogen and oxygen atoms in total. The van der Waals surface area contributed by atoms with E-state index >= 15 is 0 Å². The van der Waals surface area contributed by atoms with Gasteiger partial charge >= 0.3 is 0 Å². The molecule has 1 aromatic heterocycles. The molecule has 2 unspecified atom stereocenters. The van der Waals surface area contributed by atoms with Crippen molar-refractivity contribution in [2.24, 2.45) is 0 Å². The molecule has 0 spiro atoms. The van der Waals surface area contributed by atoms with E-state index in [-0.39, 0.29) is 18.7 Å². The number of ether oxygens (including phenoxy) is 1. The quantitative estimate of drug-likeness (QED) is 0.738. The van der Waals surface area contributed by atoms with Crippen LogP contribution in [0.5, 0.6) is 0 Å². The first-order valence-corrected chi connectivity index (χ1v) is 5.82. The van der Waals surface area contributed by atoms with Crippen molar-refractivity contribution < 1.29 is 9.84 Å². The number of nitrogens with zero attached hydrogens (tertiary/aromatic N) is 2. The Morgan fingerprint density at radius 1 is 1.41 bits per heavy atom. The summed E-state index contributed by atoms with van der Waals surface area (Å²) in [6.45, 7) is 4.70. The van der Waals surface area contributed by atoms with Gasteiger partial charge in [0.1, 0.15) is 0 Å². The molecule has 5 heteroatoms. The first-order valence-electron chi connectivity index (χ1n) is 5.82. The normalized spacial score (nSPS) is 14.6. The molecular formula is C12H21N3O2. The third kappa shape index (κ3) is 4.38. The lowest BCUT2D eigenvalue weighted by Gasteiger charge is -2.22. The molecule has 96 valence electrons. The number of hydrogen-bond acceptors (Lipinski definition) is 5. The first-order chi connectivity index (χ1) is 8.19. The first kappa shape index (κ1) is 14.0. The summed E-state index contributed by atoms with van der Waals surface area (Å²) in [6, 6.07) is 0.219. The molecule has 1 aromatic rings. The van der Waals surface area contributed by atoms with E-state index in [1.165, 1.54) is 0 Å². The van der Waals surface area contributed by atoms with Crippen LogP contribution in [-0.4, -0.2) is 41.4 Å². The Balaban J connectivity index is 2.63. The van der Waals surface area contributed by atoms with Crippen molar-refractivity contribution in [3.63, 3.8) is 0 Å². The second-order valence-corrected chi connectivity index (χ2v) is 4.08. The average molecular weight is 239 g/mol. The van der Waals surface area contributed by atoms with Gasteiger partial charge in [-0.25, -0.2) is 0 Å². The van der Waals surface area contributed by atoms with Crippen LogP contribution in [0.4, 0.5) is 0 Å². The Hall–Kier alpha value is -1.04. The number of aliphatic hydroxyl groups is 1. The monoisotopic (exact) mass is 239 g/mol. The zero-order chi connectivity index (χ0) is 12.7. The van der Waals surface area contributed by atoms with E-state index in [1.54, 1.807) is 19.5 Å². The molecule has 0 aliphatic rings. The van der Waals surface area contributed by atoms with E-state index < -0.39 is 0 Å². The van der Waals surface area contributed by atoms with Crippen molar-refractivity contribution in [1.82, 2.24) is 15.3 Å². The summed E-state index contributed by atoms with van der Waals surface area (Å²) in [5, 5.41) is 12.4. The molecule has 2 atom stereocenters. The van der Waals surface area contributed by atoms with Gasteiger partial charge in [0.2, 0.25) is 0 Å². The zero-order valence-electron chi connectivity index (χ0n) is 10.7. The minimum atomic E-state index is 0.0930. The molecule has 17 heavy (non-hydrogen) atoms. The Kier molecular flexibility index (Phi) is 6.04. The summed E-state index contributed by atoms with van der Waals surface area (Å²) in [6.07, 6.45) is 4.04. The van der Waals surface area contributed by atoms with Crippen LogP contribution in [0.3, 0.4) is 0 Å². The van der Waals surface area contributed by atoms with Crippen molar-refractivity contribution in [3.05, 3.63) is 23.8 Å². The third-order valence-corrected chi connectivity index (χ3v) is 2.66. The molecule has 0 aliphatic carbocycles. The molecule has 0 amide bonds. The van der Waals surface area contributed by atoms with Crippen LogP contribution in [0.25, 0.3) is 0 Å². The maximum atomic E-state index is 8.98. The summed E-state index contributed by atoms with van der Waals surface area (Å²) in [5.41, 5.74) is 1.86. The highest BCUT2D eigenvalue weighted by Gasteiger charge is 2.15. The Bertz CT molecular complexity index is 327. The predicted molar refractivity (Wildman–Crippen MR) is 65.7 cm³/mol. The Morgan fingerprint density at radius 3 is 2.71 bits per heavy atom. The van der Waals surface area contributed by atoms with E-state index in [2.05, 4.69) is 15.3 Å². The second kappa shape index (κ2) is 7.32. The molecule has 0 aliphatic heterocycles. The van der Waals surface area contributed by atoms with Crippen molar-refractivity contribution >= 4 is 0 Å². The van der Waals surface area contributed by atoms with Crippen molar-refractivity contribution in [3.8, 4) is 0 Å². The molecule has 0 saturated heterocycles. The number of aromatic nitrogens is 2. The highest BCUT2D eigenvalue weighted by molar-refractivity contribution is 5.12. The average Bonchev–Trinajstić information content (AvgIpc) is 2.30. The molecule has 0 bridgehead atoms. The minimum Gasteiger partial charge on any atom is -0.396 e. The molecule has 1 rings (SSSR count). The van der Waals surface area contributed by atoms with E-state index in [0.717, 1.165) is 11.4 Å². The minimum absolute atomic E-state index is 0.0930. The fraction of sp³-hybridized carbons (Fsp3) is 0.667. The van der Waals surface area contributed by atoms with Crippen LogP contribution in [0, 0.1) is 6.92 Å². The van der Waals surface area contributed by atoms with Crippen LogP contribution < -0.4 is 5.32 Å². The molecule has 0 fully saturated rings. The lowest BCUT2D eigenvalue weighted by molar-refractivity contribution is 0.143. The summed E-state index contributed by atoms with van der Waals surface area (Å²) in [7, 11) is 1.66. The van der Waals surface area contributed by atoms with Crippen LogP contribution in [0.2, 0.25) is 0 Å². The number of methoxy groups -OCH3 is 1. The number of aliphatic hydroxyl groups excluding tert-OH is 1. The van der Waals surface area contributed by atoms with Gasteiger partial charge in [-0.05, 0) is 20.3 Å². The third-order valence-electron chi connectivity index (χ3n) is 2.66. The Morgan fingerprint density at radius 2 is 2.12 bits per heavy atom. The van der Waals surface area contributed by atoms with Crippen LogP contribution in [0.15, 0.2) is 12.4 Å². The van der Waals surface area contributed by atoms with E-state index in [4.69, 9.17) is 9.84 Å². The summed E-state index contributed by atoms with van der Waals surface area (Å²) >= 11 is 0. The number of nitrogens with one attached hydrogen (secondary N) is 1. The van der Waals surface area contributed by atoms with Crippen LogP contribution >= 0.6 is 0 Å². The van der Waals surface area contributed by atoms with Gasteiger partial charge in [0.15, 0.2) is 0 Å². The van der Waals surface area contributed by atoms with Gasteiger partial charge in [0, 0.05) is 38.2 Å². The van der Waals surface area contributed by atoms with E-state index in [9.17, 15) is 0 Å². The van der Waals surface area contributed by atoms with Crippen molar-refractivity contribution in [1.29, 1.82) is 0 Å². The lowest BCUT2D eigenvalue weighted by atomic mass is 10.1. The molecule has 1 heterocycles. The standard InChI is InChI=1S/C12H21N3O2/c1-9-12(14-6-5-13-9)10(2)15-11(4-7-16)8-17-3/h5-6,10-11,15-16H,4,7-8H2,1-3H3. The maximum Gasteiger partial charge on any atom is 0.0782 e. The predicted octanol–water partition coefficient (Wildman–Crippen LogP) is 0.833. The second-order valence-electron chi connectivity index (χ2n) is 4.08. The fourth-order valence-corrected chi connectivity index (χ4v) is 1.85. The topological polar surface area (TPSA) is 67.3 Å². The molecule has 0 saturated carbocycles. The van der Waals surface area contributed by atoms with Crippen molar-refractivity contribution in [2.45, 2.75) is 32.4 Å². The Labute approximate surface area is 102 Å². The van der Waals surface area contributed by atoms with Gasteiger partial charge in [-0.1, -0.05) is 0 Å². The van der Waals surface area contributed by atoms with Gasteiger partial charge in [-0.2, -0.15) is 0 Å². The van der Waals surface area contributed by atoms with Crippen LogP contribution in [0.1, 0.15) is 30.8 Å². The highest BCUT2D eigenvalue weighted by Crippen LogP contribution is 2.13. The molecule has 2 N–H and O–H groups in total. The molecule has 0 radical (unpaired) electrons. The van der Waals surface area contributed by atoms with Crippen molar-refractivity contribution in [2.75, 3.05) is 20.3 Å².